The molecule has 0 aromatic heterocycles. The molecule has 2 aliphatic heterocycles. The summed E-state index contributed by atoms with van der Waals surface area (Å²) in [6.07, 6.45) is 10.4. The van der Waals surface area contributed by atoms with Crippen molar-refractivity contribution in [1.82, 2.24) is 0 Å². The molecule has 1 aliphatic carbocycles. The van der Waals surface area contributed by atoms with Gasteiger partial charge in [-0.2, -0.15) is 8.42 Å². The van der Waals surface area contributed by atoms with E-state index < -0.39 is 20.9 Å². The van der Waals surface area contributed by atoms with Crippen molar-refractivity contribution in [2.45, 2.75) is 81.0 Å². The molecule has 3 aliphatic rings. The van der Waals surface area contributed by atoms with Crippen molar-refractivity contribution in [3.8, 4) is 0 Å². The zero-order valence-electron chi connectivity index (χ0n) is 41.0. The maximum Gasteiger partial charge on any atom is 0.302 e. The minimum absolute atomic E-state index is 0.147. The average molecular weight is 1010 g/mol. The molecule has 1 atom stereocenters. The quantitative estimate of drug-likeness (QED) is 0.0310. The van der Waals surface area contributed by atoms with Crippen LogP contribution in [0.15, 0.2) is 178 Å². The van der Waals surface area contributed by atoms with Crippen LogP contribution in [0.3, 0.4) is 0 Å². The lowest BCUT2D eigenvalue weighted by Crippen LogP contribution is -2.41. The molecular weight excluding hydrogens is 951 g/mol. The number of para-hydroxylation sites is 2. The van der Waals surface area contributed by atoms with E-state index in [1.165, 1.54) is 31.5 Å². The number of carbonyl (C=O) groups is 2. The second-order valence-electron chi connectivity index (χ2n) is 19.2. The molecule has 0 amide bonds. The van der Waals surface area contributed by atoms with E-state index in [4.69, 9.17) is 19.1 Å². The van der Waals surface area contributed by atoms with E-state index in [1.807, 2.05) is 60.7 Å². The van der Waals surface area contributed by atoms with Gasteiger partial charge in [0.25, 0.3) is 10.1 Å². The number of hydrogen-bond donors (Lipinski definition) is 2. The van der Waals surface area contributed by atoms with Crippen LogP contribution in [0.25, 0.3) is 21.5 Å². The Bertz CT molecular complexity index is 3270. The van der Waals surface area contributed by atoms with E-state index >= 15 is 0 Å². The van der Waals surface area contributed by atoms with Gasteiger partial charge in [0.2, 0.25) is 0 Å². The highest BCUT2D eigenvalue weighted by molar-refractivity contribution is 7.94. The zero-order chi connectivity index (χ0) is 51.0. The molecule has 9 rings (SSSR count). The van der Waals surface area contributed by atoms with Gasteiger partial charge in [0.1, 0.15) is 13.2 Å². The highest BCUT2D eigenvalue weighted by Crippen LogP contribution is 2.53. The molecule has 13 nitrogen and oxygen atoms in total. The van der Waals surface area contributed by atoms with E-state index in [9.17, 15) is 22.6 Å². The third-order valence-electron chi connectivity index (χ3n) is 14.0. The number of rotatable bonds is 16. The topological polar surface area (TPSA) is 155 Å². The number of anilines is 4. The van der Waals surface area contributed by atoms with Crippen LogP contribution in [-0.4, -0.2) is 62.5 Å². The van der Waals surface area contributed by atoms with Gasteiger partial charge in [-0.3, -0.25) is 14.1 Å². The first-order chi connectivity index (χ1) is 34.5. The smallest absolute Gasteiger partial charge is 0.302 e. The lowest BCUT2D eigenvalue weighted by Gasteiger charge is -2.33. The minimum atomic E-state index is -4.43. The van der Waals surface area contributed by atoms with Crippen LogP contribution in [0.2, 0.25) is 0 Å². The molecule has 0 radical (unpaired) electrons. The predicted molar refractivity (Wildman–Crippen MR) is 283 cm³/mol. The Morgan fingerprint density at radius 3 is 2.00 bits per heavy atom. The molecule has 0 saturated carbocycles. The zero-order valence-corrected chi connectivity index (χ0v) is 42.6. The van der Waals surface area contributed by atoms with Crippen molar-refractivity contribution in [2.24, 2.45) is 0 Å². The Labute approximate surface area is 424 Å². The van der Waals surface area contributed by atoms with Crippen LogP contribution >= 0.6 is 12.0 Å². The summed E-state index contributed by atoms with van der Waals surface area (Å²) in [7, 11) is -4.43. The van der Waals surface area contributed by atoms with Gasteiger partial charge in [-0.1, -0.05) is 112 Å². The summed E-state index contributed by atoms with van der Waals surface area (Å²) in [6.45, 7) is 12.8. The standard InChI is InChI=1S/C57H57N3O10S2/c1-37(61)67-33-31-58-49-27-19-41-35-45(71-70-69-63)23-25-47(41)53(49)56(3,4)51(58)29-21-39-17-18-40(55(39)60(43-13-9-7-10-14-43)44-15-11-8-12-16-44)22-30-52-57(5,6)54-48-26-24-46(72(64,65)66)36-42(48)20-28-50(54)59(52)32-34-68-38(2)62/h7-16,19-30,35-36,51,63H,17-18,31-34H2,1-6H3,(H,64,65,66)/b29-21+,40-22+,52-30+. The first-order valence-corrected chi connectivity index (χ1v) is 26.0. The molecule has 0 fully saturated rings. The molecule has 1 unspecified atom stereocenters. The van der Waals surface area contributed by atoms with Gasteiger partial charge >= 0.3 is 11.9 Å². The summed E-state index contributed by atoms with van der Waals surface area (Å²) < 4.78 is 50.1. The van der Waals surface area contributed by atoms with Crippen LogP contribution < -0.4 is 14.7 Å². The van der Waals surface area contributed by atoms with Crippen LogP contribution in [-0.2, 0) is 49.4 Å². The third kappa shape index (κ3) is 9.80. The lowest BCUT2D eigenvalue weighted by molar-refractivity contribution is -0.432. The fourth-order valence-corrected chi connectivity index (χ4v) is 11.8. The molecule has 0 bridgehead atoms. The van der Waals surface area contributed by atoms with Crippen molar-refractivity contribution in [3.63, 3.8) is 0 Å². The third-order valence-corrected chi connectivity index (χ3v) is 15.4. The summed E-state index contributed by atoms with van der Waals surface area (Å²) in [5, 5.41) is 16.3. The Balaban J connectivity index is 1.19. The van der Waals surface area contributed by atoms with E-state index in [0.29, 0.717) is 18.5 Å². The normalized spacial score (nSPS) is 18.2. The van der Waals surface area contributed by atoms with Crippen LogP contribution in [0, 0.1) is 0 Å². The van der Waals surface area contributed by atoms with Crippen molar-refractivity contribution in [1.29, 1.82) is 0 Å². The number of benzene rings is 6. The molecule has 372 valence electrons. The van der Waals surface area contributed by atoms with E-state index in [1.54, 1.807) is 6.07 Å². The van der Waals surface area contributed by atoms with Gasteiger partial charge < -0.3 is 24.2 Å². The molecule has 15 heteroatoms. The summed E-state index contributed by atoms with van der Waals surface area (Å²) in [5.74, 6) is -0.712. The molecule has 0 spiro atoms. The van der Waals surface area contributed by atoms with Gasteiger partial charge in [0.05, 0.1) is 41.8 Å². The van der Waals surface area contributed by atoms with Gasteiger partial charge in [-0.25, -0.2) is 5.26 Å². The predicted octanol–water partition coefficient (Wildman–Crippen LogP) is 12.3. The molecule has 2 heterocycles. The number of fused-ring (bicyclic) bond motifs is 6. The maximum atomic E-state index is 12.2. The summed E-state index contributed by atoms with van der Waals surface area (Å²) >= 11 is 0.916. The second kappa shape index (κ2) is 20.4. The first-order valence-electron chi connectivity index (χ1n) is 23.8. The van der Waals surface area contributed by atoms with Gasteiger partial charge in [0.15, 0.2) is 0 Å². The fraction of sp³-hybridized carbons (Fsp3) is 0.263. The first kappa shape index (κ1) is 50.2. The van der Waals surface area contributed by atoms with Crippen molar-refractivity contribution in [3.05, 3.63) is 179 Å². The molecular formula is C57H57N3O10S2. The van der Waals surface area contributed by atoms with E-state index in [-0.39, 0.29) is 36.1 Å². The highest BCUT2D eigenvalue weighted by atomic mass is 32.2. The molecule has 6 aromatic rings. The van der Waals surface area contributed by atoms with Gasteiger partial charge in [-0.15, -0.1) is 4.33 Å². The average Bonchev–Trinajstić information content (AvgIpc) is 3.92. The monoisotopic (exact) mass is 1010 g/mol. The second-order valence-corrected chi connectivity index (χ2v) is 21.4. The molecule has 0 saturated heterocycles. The van der Waals surface area contributed by atoms with Gasteiger partial charge in [-0.05, 0) is 123 Å². The SMILES string of the molecule is CC(=O)OCCN1/C(=C/C=C2\CCC(/C=C/C3N(CCOC(C)=O)c4ccc5cc(SOOO)ccc5c4C3(C)C)=C2N(c2ccccc2)c2ccccc2)C(C)(C)c2c1ccc1cc(S(=O)(=O)O)ccc21. The van der Waals surface area contributed by atoms with Crippen molar-refractivity contribution in [2.75, 3.05) is 41.0 Å². The Hall–Kier alpha value is -6.72. The fourth-order valence-electron chi connectivity index (χ4n) is 10.9. The molecule has 72 heavy (non-hydrogen) atoms. The lowest BCUT2D eigenvalue weighted by atomic mass is 9.78. The van der Waals surface area contributed by atoms with Crippen LogP contribution in [0.5, 0.6) is 0 Å². The number of carbonyl (C=O) groups excluding carboxylic acids is 2. The van der Waals surface area contributed by atoms with E-state index in [2.05, 4.69) is 114 Å². The Morgan fingerprint density at radius 2 is 1.36 bits per heavy atom. The van der Waals surface area contributed by atoms with Crippen LogP contribution in [0.4, 0.5) is 22.7 Å². The Morgan fingerprint density at radius 1 is 0.750 bits per heavy atom. The summed E-state index contributed by atoms with van der Waals surface area (Å²) in [6, 6.07) is 39.2. The molecule has 2 N–H and O–H groups in total. The largest absolute Gasteiger partial charge is 0.464 e. The number of ether oxygens (including phenoxy) is 2. The van der Waals surface area contributed by atoms with Crippen molar-refractivity contribution < 1.29 is 46.7 Å². The van der Waals surface area contributed by atoms with E-state index in [0.717, 1.165) is 96.8 Å². The number of allylic oxidation sites excluding steroid dienone is 6. The van der Waals surface area contributed by atoms with Crippen LogP contribution in [0.1, 0.15) is 65.5 Å². The summed E-state index contributed by atoms with van der Waals surface area (Å²) in [5.41, 5.74) is 9.37. The maximum absolute atomic E-state index is 12.2. The summed E-state index contributed by atoms with van der Waals surface area (Å²) in [4.78, 5) is 31.6. The molecule has 6 aromatic carbocycles. The van der Waals surface area contributed by atoms with Gasteiger partial charge in [0, 0.05) is 58.0 Å². The Kier molecular flexibility index (Phi) is 14.2. The number of nitrogens with zero attached hydrogens (tertiary/aromatic N) is 3. The number of esters is 2. The van der Waals surface area contributed by atoms with Crippen molar-refractivity contribution >= 4 is 78.4 Å². The minimum Gasteiger partial charge on any atom is -0.464 e. The highest BCUT2D eigenvalue weighted by Gasteiger charge is 2.45. The number of hydrogen-bond acceptors (Lipinski definition) is 13.